The van der Waals surface area contributed by atoms with E-state index in [0.717, 1.165) is 24.9 Å². The van der Waals surface area contributed by atoms with Crippen LogP contribution in [0.25, 0.3) is 0 Å². The Labute approximate surface area is 173 Å². The van der Waals surface area contributed by atoms with E-state index in [9.17, 15) is 9.59 Å². The first-order chi connectivity index (χ1) is 14.1. The molecule has 0 saturated carbocycles. The van der Waals surface area contributed by atoms with Crippen LogP contribution in [0.2, 0.25) is 0 Å². The summed E-state index contributed by atoms with van der Waals surface area (Å²) in [6, 6.07) is 11.3. The van der Waals surface area contributed by atoms with Crippen LogP contribution in [-0.4, -0.2) is 62.7 Å². The van der Waals surface area contributed by atoms with E-state index in [0.29, 0.717) is 39.2 Å². The molecule has 2 amide bonds. The molecule has 0 bridgehead atoms. The molecule has 29 heavy (non-hydrogen) atoms. The van der Waals surface area contributed by atoms with E-state index < -0.39 is 0 Å². The quantitative estimate of drug-likeness (QED) is 0.609. The summed E-state index contributed by atoms with van der Waals surface area (Å²) in [6.07, 6.45) is 2.60. The largest absolute Gasteiger partial charge is 0.385 e. The van der Waals surface area contributed by atoms with Gasteiger partial charge in [-0.15, -0.1) is 0 Å². The number of piperidine rings is 1. The molecule has 1 aliphatic rings. The number of nitrogens with zero attached hydrogens (tertiary/aromatic N) is 3. The van der Waals surface area contributed by atoms with Gasteiger partial charge in [0.15, 0.2) is 0 Å². The van der Waals surface area contributed by atoms with Gasteiger partial charge in [-0.1, -0.05) is 18.2 Å². The number of amides is 2. The molecule has 0 aliphatic carbocycles. The highest BCUT2D eigenvalue weighted by atomic mass is 16.5. The van der Waals surface area contributed by atoms with Crippen LogP contribution in [0, 0.1) is 17.2 Å². The third-order valence-electron chi connectivity index (χ3n) is 5.41. The number of hydrogen-bond donors (Lipinski definition) is 1. The standard InChI is InChI=1S/C22H32N4O3/c1-18(22(28)26(14-6-12-23)20-8-4-3-5-9-20)25-15-10-19(11-16-25)21(27)24-13-7-17-29-2/h3-5,8-9,18-19H,6-7,10-11,13-17H2,1-2H3,(H,24,27). The van der Waals surface area contributed by atoms with Gasteiger partial charge in [0.2, 0.25) is 11.8 Å². The maximum Gasteiger partial charge on any atom is 0.244 e. The van der Waals surface area contributed by atoms with Crippen LogP contribution in [0.4, 0.5) is 5.69 Å². The van der Waals surface area contributed by atoms with Gasteiger partial charge < -0.3 is 15.0 Å². The SMILES string of the molecule is COCCCNC(=O)C1CCN(C(C)C(=O)N(CCC#N)c2ccccc2)CC1. The van der Waals surface area contributed by atoms with E-state index in [2.05, 4.69) is 16.3 Å². The van der Waals surface area contributed by atoms with Gasteiger partial charge in [-0.3, -0.25) is 14.5 Å². The third-order valence-corrected chi connectivity index (χ3v) is 5.41. The summed E-state index contributed by atoms with van der Waals surface area (Å²) in [5, 5.41) is 11.9. The lowest BCUT2D eigenvalue weighted by Crippen LogP contribution is -2.51. The molecule has 1 aromatic carbocycles. The van der Waals surface area contributed by atoms with Crippen LogP contribution in [-0.2, 0) is 14.3 Å². The summed E-state index contributed by atoms with van der Waals surface area (Å²) in [6.45, 7) is 4.99. The lowest BCUT2D eigenvalue weighted by atomic mass is 9.94. The molecule has 2 rings (SSSR count). The topological polar surface area (TPSA) is 85.7 Å². The zero-order chi connectivity index (χ0) is 21.1. The smallest absolute Gasteiger partial charge is 0.244 e. The fourth-order valence-corrected chi connectivity index (χ4v) is 3.64. The van der Waals surface area contributed by atoms with Gasteiger partial charge in [0.25, 0.3) is 0 Å². The van der Waals surface area contributed by atoms with Gasteiger partial charge in [-0.05, 0) is 51.4 Å². The number of nitriles is 1. The average Bonchev–Trinajstić information content (AvgIpc) is 2.77. The molecule has 7 heteroatoms. The summed E-state index contributed by atoms with van der Waals surface area (Å²) in [5.74, 6) is 0.0912. The summed E-state index contributed by atoms with van der Waals surface area (Å²) < 4.78 is 5.00. The first-order valence-electron chi connectivity index (χ1n) is 10.3. The zero-order valence-electron chi connectivity index (χ0n) is 17.5. The van der Waals surface area contributed by atoms with E-state index in [1.807, 2.05) is 37.3 Å². The lowest BCUT2D eigenvalue weighted by molar-refractivity contribution is -0.127. The van der Waals surface area contributed by atoms with Crippen molar-refractivity contribution in [3.63, 3.8) is 0 Å². The van der Waals surface area contributed by atoms with E-state index in [4.69, 9.17) is 10.00 Å². The Balaban J connectivity index is 1.89. The average molecular weight is 401 g/mol. The van der Waals surface area contributed by atoms with E-state index in [1.165, 1.54) is 0 Å². The highest BCUT2D eigenvalue weighted by Gasteiger charge is 2.31. The fourth-order valence-electron chi connectivity index (χ4n) is 3.64. The number of nitrogens with one attached hydrogen (secondary N) is 1. The monoisotopic (exact) mass is 400 g/mol. The number of carbonyl (C=O) groups excluding carboxylic acids is 2. The number of rotatable bonds is 10. The van der Waals surface area contributed by atoms with Gasteiger partial charge in [0.1, 0.15) is 0 Å². The Morgan fingerprint density at radius 1 is 1.31 bits per heavy atom. The van der Waals surface area contributed by atoms with Crippen LogP contribution in [0.5, 0.6) is 0 Å². The molecule has 0 radical (unpaired) electrons. The highest BCUT2D eigenvalue weighted by Crippen LogP contribution is 2.22. The maximum atomic E-state index is 13.2. The van der Waals surface area contributed by atoms with Crippen LogP contribution < -0.4 is 10.2 Å². The van der Waals surface area contributed by atoms with Crippen molar-refractivity contribution in [1.29, 1.82) is 5.26 Å². The highest BCUT2D eigenvalue weighted by molar-refractivity contribution is 5.97. The van der Waals surface area contributed by atoms with Crippen LogP contribution in [0.15, 0.2) is 30.3 Å². The summed E-state index contributed by atoms with van der Waals surface area (Å²) >= 11 is 0. The van der Waals surface area contributed by atoms with Gasteiger partial charge in [-0.2, -0.15) is 5.26 Å². The first-order valence-corrected chi connectivity index (χ1v) is 10.3. The van der Waals surface area contributed by atoms with Crippen molar-refractivity contribution in [2.24, 2.45) is 5.92 Å². The number of para-hydroxylation sites is 1. The Kier molecular flexibility index (Phi) is 9.62. The van der Waals surface area contributed by atoms with Crippen LogP contribution in [0.3, 0.4) is 0 Å². The molecule has 1 fully saturated rings. The number of anilines is 1. The van der Waals surface area contributed by atoms with Crippen molar-refractivity contribution in [2.45, 2.75) is 38.6 Å². The van der Waals surface area contributed by atoms with Crippen LogP contribution in [0.1, 0.15) is 32.6 Å². The van der Waals surface area contributed by atoms with Crippen molar-refractivity contribution in [3.8, 4) is 6.07 Å². The third kappa shape index (κ3) is 6.84. The summed E-state index contributed by atoms with van der Waals surface area (Å²) in [4.78, 5) is 29.3. The Morgan fingerprint density at radius 3 is 2.62 bits per heavy atom. The number of carbonyl (C=O) groups is 2. The predicted molar refractivity (Wildman–Crippen MR) is 112 cm³/mol. The Morgan fingerprint density at radius 2 is 2.00 bits per heavy atom. The van der Waals surface area contributed by atoms with E-state index >= 15 is 0 Å². The fraction of sp³-hybridized carbons (Fsp3) is 0.591. The Hall–Kier alpha value is -2.43. The number of hydrogen-bond acceptors (Lipinski definition) is 5. The number of ether oxygens (including phenoxy) is 1. The second-order valence-electron chi connectivity index (χ2n) is 7.36. The Bertz CT molecular complexity index is 681. The summed E-state index contributed by atoms with van der Waals surface area (Å²) in [5.41, 5.74) is 0.810. The normalized spacial score (nSPS) is 16.0. The molecule has 1 atom stereocenters. The van der Waals surface area contributed by atoms with Crippen molar-refractivity contribution in [1.82, 2.24) is 10.2 Å². The number of methoxy groups -OCH3 is 1. The molecule has 1 heterocycles. The van der Waals surface area contributed by atoms with Crippen molar-refractivity contribution >= 4 is 17.5 Å². The van der Waals surface area contributed by atoms with E-state index in [-0.39, 0.29) is 23.8 Å². The molecule has 1 aromatic rings. The van der Waals surface area contributed by atoms with Gasteiger partial charge >= 0.3 is 0 Å². The van der Waals surface area contributed by atoms with Crippen molar-refractivity contribution in [3.05, 3.63) is 30.3 Å². The molecular weight excluding hydrogens is 368 g/mol. The van der Waals surface area contributed by atoms with Gasteiger partial charge in [0.05, 0.1) is 18.5 Å². The number of likely N-dealkylation sites (tertiary alicyclic amines) is 1. The van der Waals surface area contributed by atoms with Crippen LogP contribution >= 0.6 is 0 Å². The van der Waals surface area contributed by atoms with Crippen molar-refractivity contribution in [2.75, 3.05) is 44.8 Å². The minimum atomic E-state index is -0.292. The minimum Gasteiger partial charge on any atom is -0.385 e. The molecule has 1 N–H and O–H groups in total. The molecule has 1 aliphatic heterocycles. The summed E-state index contributed by atoms with van der Waals surface area (Å²) in [7, 11) is 1.65. The minimum absolute atomic E-state index is 0.0000812. The van der Waals surface area contributed by atoms with Gasteiger partial charge in [-0.25, -0.2) is 0 Å². The molecule has 1 unspecified atom stereocenters. The van der Waals surface area contributed by atoms with Gasteiger partial charge in [0, 0.05) is 38.4 Å². The number of benzene rings is 1. The first kappa shape index (κ1) is 22.9. The zero-order valence-corrected chi connectivity index (χ0v) is 17.5. The molecule has 0 spiro atoms. The molecule has 1 saturated heterocycles. The predicted octanol–water partition coefficient (Wildman–Crippen LogP) is 2.19. The van der Waals surface area contributed by atoms with E-state index in [1.54, 1.807) is 12.0 Å². The van der Waals surface area contributed by atoms with Crippen molar-refractivity contribution < 1.29 is 14.3 Å². The molecule has 7 nitrogen and oxygen atoms in total. The molecule has 0 aromatic heterocycles. The second-order valence-corrected chi connectivity index (χ2v) is 7.36. The molecule has 158 valence electrons. The lowest BCUT2D eigenvalue weighted by Gasteiger charge is -2.37. The molecular formula is C22H32N4O3. The maximum absolute atomic E-state index is 13.2. The second kappa shape index (κ2) is 12.2.